The highest BCUT2D eigenvalue weighted by atomic mass is 19.1. The Bertz CT molecular complexity index is 4110. The molecule has 3 aromatic carbocycles. The number of carbonyl (C=O) groups excluding carboxylic acids is 3. The first kappa shape index (κ1) is 64.8. The molecule has 9 aromatic rings. The number of aromatic nitrogens is 7. The largest absolute Gasteiger partial charge is 0.458 e. The van der Waals surface area contributed by atoms with Gasteiger partial charge in [0.2, 0.25) is 17.7 Å². The Kier molecular flexibility index (Phi) is 20.9. The number of likely N-dealkylation sites (tertiary alicyclic amines) is 3. The highest BCUT2D eigenvalue weighted by Gasteiger charge is 2.32. The van der Waals surface area contributed by atoms with Crippen LogP contribution in [0.2, 0.25) is 0 Å². The second-order valence-corrected chi connectivity index (χ2v) is 23.4. The first-order valence-corrected chi connectivity index (χ1v) is 30.5. The van der Waals surface area contributed by atoms with Crippen LogP contribution in [0.15, 0.2) is 146 Å². The van der Waals surface area contributed by atoms with Crippen LogP contribution in [-0.4, -0.2) is 120 Å². The monoisotopic (exact) mass is 1250 g/mol. The number of halogens is 3. The maximum absolute atomic E-state index is 13.5. The van der Waals surface area contributed by atoms with Crippen molar-refractivity contribution < 1.29 is 37.0 Å². The number of benzene rings is 3. The Morgan fingerprint density at radius 1 is 0.511 bits per heavy atom. The van der Waals surface area contributed by atoms with Crippen LogP contribution in [-0.2, 0) is 45.0 Å². The summed E-state index contributed by atoms with van der Waals surface area (Å²) >= 11 is 0. The van der Waals surface area contributed by atoms with Gasteiger partial charge in [-0.05, 0) is 178 Å². The second kappa shape index (κ2) is 29.7. The third kappa shape index (κ3) is 16.4. The number of hydrogen-bond donors (Lipinski definition) is 3. The first-order chi connectivity index (χ1) is 44.3. The van der Waals surface area contributed by atoms with E-state index in [4.69, 9.17) is 26.7 Å². The smallest absolute Gasteiger partial charge is 0.316 e. The van der Waals surface area contributed by atoms with Gasteiger partial charge in [-0.3, -0.25) is 39.3 Å². The van der Waals surface area contributed by atoms with Gasteiger partial charge in [-0.15, -0.1) is 0 Å². The van der Waals surface area contributed by atoms with Gasteiger partial charge >= 0.3 is 6.01 Å². The lowest BCUT2D eigenvalue weighted by atomic mass is 10.0. The zero-order chi connectivity index (χ0) is 65.0. The van der Waals surface area contributed by atoms with Crippen LogP contribution in [0.3, 0.4) is 0 Å². The lowest BCUT2D eigenvalue weighted by molar-refractivity contribution is -0.130. The van der Waals surface area contributed by atoms with E-state index in [-0.39, 0.29) is 66.5 Å². The van der Waals surface area contributed by atoms with E-state index in [9.17, 15) is 27.6 Å². The predicted molar refractivity (Wildman–Crippen MR) is 347 cm³/mol. The van der Waals surface area contributed by atoms with Crippen molar-refractivity contribution in [3.8, 4) is 39.8 Å². The molecule has 0 saturated carbocycles. The first-order valence-electron chi connectivity index (χ1n) is 30.5. The molecular formula is C71H74F3N13O5. The highest BCUT2D eigenvalue weighted by Crippen LogP contribution is 2.32. The molecule has 0 radical (unpaired) electrons. The van der Waals surface area contributed by atoms with Crippen LogP contribution in [0.25, 0.3) is 33.8 Å². The number of pyridine rings is 5. The highest BCUT2D eigenvalue weighted by molar-refractivity contribution is 5.82. The molecular weight excluding hydrogens is 1170 g/mol. The minimum absolute atomic E-state index is 0.00674. The molecule has 21 heteroatoms. The normalized spacial score (nSPS) is 16.0. The van der Waals surface area contributed by atoms with Crippen LogP contribution in [0.5, 0.6) is 6.01 Å². The molecule has 474 valence electrons. The number of amides is 3. The number of anilines is 3. The van der Waals surface area contributed by atoms with Crippen molar-refractivity contribution in [1.82, 2.24) is 49.6 Å². The van der Waals surface area contributed by atoms with Gasteiger partial charge in [-0.25, -0.2) is 23.1 Å². The summed E-state index contributed by atoms with van der Waals surface area (Å²) in [5.74, 6) is -0.416. The van der Waals surface area contributed by atoms with Gasteiger partial charge in [0.05, 0.1) is 89.3 Å². The molecule has 18 nitrogen and oxygen atoms in total. The van der Waals surface area contributed by atoms with E-state index >= 15 is 0 Å². The van der Waals surface area contributed by atoms with Crippen molar-refractivity contribution in [3.05, 3.63) is 220 Å². The van der Waals surface area contributed by atoms with Crippen LogP contribution in [0, 0.1) is 45.1 Å². The molecule has 0 bridgehead atoms. The standard InChI is InChI=1S/C25H27FN4O2.C24H25FN4O.C22H22FN5O2/c1-16-12-18(26)6-7-20(16)23-9-8-21(27)24(29-23)13-25(31)30-11-10-17(14-30)22-5-3-4-19(28-22)15-32-2;1-15-11-19(25)5-6-20(15)22-8-7-21(26)23(28-22)12-24(30)29-10-9-18(14-29)17-4-3-16(2)27-13-17;1-14-11-15(23)3-4-17(14)19-6-5-18(24)20(27-19)12-21(29)28-10-7-16(13-28)30-22-25-8-2-9-26-22/h3-9,12,17H,10-11,13-15,27H2,1-2H3;3-8,11,13,18H,9-10,12,14,26H2,1-2H3;2-6,8-9,11,16H,7,10,12-13,24H2,1H3. The van der Waals surface area contributed by atoms with Gasteiger partial charge in [-0.2, -0.15) is 0 Å². The number of methoxy groups -OCH3 is 1. The maximum atomic E-state index is 13.5. The topological polar surface area (TPSA) is 248 Å². The van der Waals surface area contributed by atoms with Crippen LogP contribution < -0.4 is 21.9 Å². The number of hydrogen-bond acceptors (Lipinski definition) is 15. The molecule has 0 spiro atoms. The van der Waals surface area contributed by atoms with E-state index in [1.54, 1.807) is 85.1 Å². The Hall–Kier alpha value is -10.2. The third-order valence-electron chi connectivity index (χ3n) is 16.7. The molecule has 3 atom stereocenters. The third-order valence-corrected chi connectivity index (χ3v) is 16.7. The second-order valence-electron chi connectivity index (χ2n) is 23.4. The Morgan fingerprint density at radius 3 is 1.42 bits per heavy atom. The molecule has 12 rings (SSSR count). The fourth-order valence-corrected chi connectivity index (χ4v) is 11.6. The van der Waals surface area contributed by atoms with Crippen molar-refractivity contribution in [2.24, 2.45) is 0 Å². The average molecular weight is 1250 g/mol. The van der Waals surface area contributed by atoms with Crippen LogP contribution in [0.1, 0.15) is 87.5 Å². The number of nitrogens with two attached hydrogens (primary N) is 3. The molecule has 9 heterocycles. The maximum Gasteiger partial charge on any atom is 0.316 e. The lowest BCUT2D eigenvalue weighted by Crippen LogP contribution is -2.32. The summed E-state index contributed by atoms with van der Waals surface area (Å²) in [5.41, 5.74) is 32.2. The van der Waals surface area contributed by atoms with E-state index in [2.05, 4.69) is 41.0 Å². The molecule has 3 aliphatic heterocycles. The molecule has 0 aliphatic carbocycles. The van der Waals surface area contributed by atoms with Gasteiger partial charge < -0.3 is 41.4 Å². The Balaban J connectivity index is 0.000000151. The van der Waals surface area contributed by atoms with Crippen LogP contribution in [0.4, 0.5) is 30.2 Å². The van der Waals surface area contributed by atoms with Crippen molar-refractivity contribution in [2.75, 3.05) is 63.6 Å². The average Bonchev–Trinajstić information content (AvgIpc) is 2.68. The summed E-state index contributed by atoms with van der Waals surface area (Å²) in [7, 11) is 1.65. The van der Waals surface area contributed by atoms with Crippen molar-refractivity contribution in [2.45, 2.75) is 90.8 Å². The van der Waals surface area contributed by atoms with Gasteiger partial charge in [0, 0.05) is 105 Å². The zero-order valence-corrected chi connectivity index (χ0v) is 52.2. The predicted octanol–water partition coefficient (Wildman–Crippen LogP) is 10.7. The fraction of sp³-hybridized carbons (Fsp3) is 0.296. The molecule has 6 N–H and O–H groups in total. The number of carbonyl (C=O) groups is 3. The Labute approximate surface area is 533 Å². The number of nitrogens with zero attached hydrogens (tertiary/aromatic N) is 10. The molecule has 3 saturated heterocycles. The van der Waals surface area contributed by atoms with E-state index in [0.717, 1.165) is 63.3 Å². The summed E-state index contributed by atoms with van der Waals surface area (Å²) in [6, 6.07) is 36.4. The van der Waals surface area contributed by atoms with E-state index in [1.807, 2.05) is 68.0 Å². The SMILES string of the molecule is COCc1cccc(C2CCN(C(=O)Cc3nc(-c4ccc(F)cc4C)ccc3N)C2)n1.Cc1cc(F)ccc1-c1ccc(N)c(CC(=O)N2CCC(Oc3ncccn3)C2)n1.Cc1ccc(C2CCN(C(=O)Cc3nc(-c4ccc(F)cc4C)ccc3N)C2)cn1. The number of ether oxygens (including phenoxy) is 2. The molecule has 3 aliphatic rings. The quantitative estimate of drug-likeness (QED) is 0.0864. The van der Waals surface area contributed by atoms with Crippen molar-refractivity contribution in [3.63, 3.8) is 0 Å². The minimum Gasteiger partial charge on any atom is -0.458 e. The molecule has 3 fully saturated rings. The summed E-state index contributed by atoms with van der Waals surface area (Å²) in [6.45, 7) is 11.7. The van der Waals surface area contributed by atoms with Gasteiger partial charge in [0.25, 0.3) is 0 Å². The molecule has 6 aromatic heterocycles. The van der Waals surface area contributed by atoms with E-state index in [1.165, 1.54) is 42.0 Å². The lowest BCUT2D eigenvalue weighted by Gasteiger charge is -2.17. The molecule has 3 amide bonds. The van der Waals surface area contributed by atoms with E-state index < -0.39 is 0 Å². The summed E-state index contributed by atoms with van der Waals surface area (Å²) < 4.78 is 51.2. The Morgan fingerprint density at radius 2 is 0.967 bits per heavy atom. The van der Waals surface area contributed by atoms with Gasteiger partial charge in [0.1, 0.15) is 23.6 Å². The molecule has 3 unspecified atom stereocenters. The molecule has 92 heavy (non-hydrogen) atoms. The number of nitrogen functional groups attached to an aromatic ring is 3. The minimum atomic E-state index is -0.297. The number of rotatable bonds is 15. The van der Waals surface area contributed by atoms with Crippen molar-refractivity contribution >= 4 is 34.8 Å². The zero-order valence-electron chi connectivity index (χ0n) is 52.2. The van der Waals surface area contributed by atoms with Crippen LogP contribution >= 0.6 is 0 Å². The van der Waals surface area contributed by atoms with E-state index in [0.29, 0.717) is 115 Å². The summed E-state index contributed by atoms with van der Waals surface area (Å²) in [5, 5.41) is 0. The number of aryl methyl sites for hydroxylation is 4. The summed E-state index contributed by atoms with van der Waals surface area (Å²) in [6.07, 6.45) is 7.87. The fourth-order valence-electron chi connectivity index (χ4n) is 11.6. The van der Waals surface area contributed by atoms with Crippen molar-refractivity contribution in [1.29, 1.82) is 0 Å². The summed E-state index contributed by atoms with van der Waals surface area (Å²) in [4.78, 5) is 75.2. The van der Waals surface area contributed by atoms with Gasteiger partial charge in [-0.1, -0.05) is 12.1 Å². The van der Waals surface area contributed by atoms with Gasteiger partial charge in [0.15, 0.2) is 0 Å².